The molecule has 0 radical (unpaired) electrons. The Morgan fingerprint density at radius 3 is 2.22 bits per heavy atom. The third-order valence-electron chi connectivity index (χ3n) is 2.27. The number of carbonyl (C=O) groups excluding carboxylic acids is 1. The van der Waals surface area contributed by atoms with Gasteiger partial charge in [0, 0.05) is 11.4 Å². The topological polar surface area (TPSA) is 61.4 Å². The molecule has 0 saturated carbocycles. The minimum atomic E-state index is -1.23. The molecule has 0 aromatic heterocycles. The maximum absolute atomic E-state index is 10.2. The number of hydrogen-bond acceptors (Lipinski definition) is 4. The lowest BCUT2D eigenvalue weighted by Crippen LogP contribution is -2.28. The second kappa shape index (κ2) is 5.72. The van der Waals surface area contributed by atoms with Gasteiger partial charge in [-0.3, -0.25) is 0 Å². The smallest absolute Gasteiger partial charge is 0.128 e. The summed E-state index contributed by atoms with van der Waals surface area (Å²) in [4.78, 5) is 10.2. The molecule has 0 saturated heterocycles. The van der Waals surface area contributed by atoms with Crippen LogP contribution in [0.15, 0.2) is 54.6 Å². The fourth-order valence-corrected chi connectivity index (χ4v) is 1.46. The first kappa shape index (κ1) is 12.0. The number of nitrogens with one attached hydrogen (secondary N) is 1. The van der Waals surface area contributed by atoms with Crippen LogP contribution in [0, 0.1) is 0 Å². The fraction of sp³-hybridized carbons (Fsp3) is 0.0714. The number of aliphatic carboxylic acids is 1. The molecule has 2 aromatic rings. The molecule has 0 amide bonds. The van der Waals surface area contributed by atoms with Crippen molar-refractivity contribution >= 4 is 17.3 Å². The number of hydrogen-bond donors (Lipinski definition) is 1. The van der Waals surface area contributed by atoms with E-state index in [1.807, 2.05) is 42.5 Å². The molecule has 2 rings (SSSR count). The molecule has 0 bridgehead atoms. The second-order valence-electron chi connectivity index (χ2n) is 3.68. The van der Waals surface area contributed by atoms with Crippen molar-refractivity contribution in [3.05, 3.63) is 54.6 Å². The molecule has 4 heteroatoms. The van der Waals surface area contributed by atoms with Gasteiger partial charge in [0.15, 0.2) is 0 Å². The molecular formula is C14H12NO3-. The summed E-state index contributed by atoms with van der Waals surface area (Å²) < 4.78 is 4.98. The number of benzene rings is 2. The van der Waals surface area contributed by atoms with E-state index < -0.39 is 12.6 Å². The van der Waals surface area contributed by atoms with E-state index in [1.54, 1.807) is 12.1 Å². The van der Waals surface area contributed by atoms with Gasteiger partial charge in [-0.05, 0) is 36.4 Å². The van der Waals surface area contributed by atoms with Gasteiger partial charge in [-0.1, -0.05) is 18.2 Å². The van der Waals surface area contributed by atoms with E-state index in [0.717, 1.165) is 11.4 Å². The maximum atomic E-state index is 10.2. The van der Waals surface area contributed by atoms with Crippen LogP contribution in [0.1, 0.15) is 0 Å². The summed E-state index contributed by atoms with van der Waals surface area (Å²) in [6.45, 7) is -0.439. The fourth-order valence-electron chi connectivity index (χ4n) is 1.46. The monoisotopic (exact) mass is 242 g/mol. The lowest BCUT2D eigenvalue weighted by Gasteiger charge is -2.09. The second-order valence-corrected chi connectivity index (χ2v) is 3.68. The van der Waals surface area contributed by atoms with E-state index in [4.69, 9.17) is 4.74 Å². The standard InChI is InChI=1S/C14H13NO3/c16-14(17)10-18-13-8-6-12(7-9-13)15-11-4-2-1-3-5-11/h1-9,15H,10H2,(H,16,17)/p-1. The molecule has 92 valence electrons. The number of anilines is 2. The van der Waals surface area contributed by atoms with E-state index >= 15 is 0 Å². The van der Waals surface area contributed by atoms with Gasteiger partial charge in [0.1, 0.15) is 12.4 Å². The van der Waals surface area contributed by atoms with Crippen LogP contribution in [-0.2, 0) is 4.79 Å². The number of rotatable bonds is 5. The van der Waals surface area contributed by atoms with Gasteiger partial charge < -0.3 is 20.0 Å². The Morgan fingerprint density at radius 2 is 1.61 bits per heavy atom. The number of carboxylic acid groups (broad SMARTS) is 1. The Hall–Kier alpha value is -2.49. The molecule has 0 aliphatic rings. The molecule has 0 atom stereocenters. The van der Waals surface area contributed by atoms with Gasteiger partial charge in [-0.2, -0.15) is 0 Å². The minimum Gasteiger partial charge on any atom is -0.546 e. The normalized spacial score (nSPS) is 9.78. The molecule has 0 spiro atoms. The highest BCUT2D eigenvalue weighted by Crippen LogP contribution is 2.19. The van der Waals surface area contributed by atoms with Crippen molar-refractivity contribution in [3.8, 4) is 5.75 Å². The molecule has 0 aliphatic carbocycles. The van der Waals surface area contributed by atoms with E-state index in [1.165, 1.54) is 0 Å². The van der Waals surface area contributed by atoms with Crippen LogP contribution in [0.5, 0.6) is 5.75 Å². The molecule has 2 aromatic carbocycles. The number of carbonyl (C=O) groups is 1. The van der Waals surface area contributed by atoms with Gasteiger partial charge in [0.25, 0.3) is 0 Å². The quantitative estimate of drug-likeness (QED) is 0.864. The van der Waals surface area contributed by atoms with E-state index in [0.29, 0.717) is 5.75 Å². The molecule has 0 fully saturated rings. The van der Waals surface area contributed by atoms with E-state index in [2.05, 4.69) is 5.32 Å². The zero-order valence-electron chi connectivity index (χ0n) is 9.63. The number of ether oxygens (including phenoxy) is 1. The SMILES string of the molecule is O=C([O-])COc1ccc(Nc2ccccc2)cc1. The molecule has 0 heterocycles. The summed E-state index contributed by atoms with van der Waals surface area (Å²) in [5.74, 6) is -0.737. The summed E-state index contributed by atoms with van der Waals surface area (Å²) in [5, 5.41) is 13.4. The zero-order chi connectivity index (χ0) is 12.8. The first-order valence-corrected chi connectivity index (χ1v) is 5.49. The first-order valence-electron chi connectivity index (χ1n) is 5.49. The van der Waals surface area contributed by atoms with Crippen molar-refractivity contribution in [1.29, 1.82) is 0 Å². The van der Waals surface area contributed by atoms with Crippen LogP contribution in [0.2, 0.25) is 0 Å². The van der Waals surface area contributed by atoms with Crippen LogP contribution >= 0.6 is 0 Å². The third-order valence-corrected chi connectivity index (χ3v) is 2.27. The molecule has 0 unspecified atom stereocenters. The van der Waals surface area contributed by atoms with Crippen LogP contribution < -0.4 is 15.2 Å². The van der Waals surface area contributed by atoms with Crippen molar-refractivity contribution in [2.24, 2.45) is 0 Å². The lowest BCUT2D eigenvalue weighted by molar-refractivity contribution is -0.307. The lowest BCUT2D eigenvalue weighted by atomic mass is 10.2. The van der Waals surface area contributed by atoms with Gasteiger partial charge in [0.2, 0.25) is 0 Å². The summed E-state index contributed by atoms with van der Waals surface area (Å²) in [6, 6.07) is 16.8. The van der Waals surface area contributed by atoms with Gasteiger partial charge in [-0.15, -0.1) is 0 Å². The number of carboxylic acids is 1. The highest BCUT2D eigenvalue weighted by atomic mass is 16.5. The zero-order valence-corrected chi connectivity index (χ0v) is 9.63. The van der Waals surface area contributed by atoms with Crippen LogP contribution in [0.3, 0.4) is 0 Å². The molecule has 1 N–H and O–H groups in total. The van der Waals surface area contributed by atoms with Crippen molar-refractivity contribution in [1.82, 2.24) is 0 Å². The summed E-state index contributed by atoms with van der Waals surface area (Å²) in [6.07, 6.45) is 0. The van der Waals surface area contributed by atoms with Gasteiger partial charge >= 0.3 is 0 Å². The Labute approximate surface area is 105 Å². The summed E-state index contributed by atoms with van der Waals surface area (Å²) in [7, 11) is 0. The van der Waals surface area contributed by atoms with Crippen LogP contribution in [0.4, 0.5) is 11.4 Å². The van der Waals surface area contributed by atoms with Crippen molar-refractivity contribution < 1.29 is 14.6 Å². The predicted molar refractivity (Wildman–Crippen MR) is 66.7 cm³/mol. The van der Waals surface area contributed by atoms with Crippen molar-refractivity contribution in [3.63, 3.8) is 0 Å². The molecular weight excluding hydrogens is 230 g/mol. The predicted octanol–water partition coefficient (Wildman–Crippen LogP) is 1.56. The minimum absolute atomic E-state index is 0.439. The number of para-hydroxylation sites is 1. The Morgan fingerprint density at radius 1 is 1.00 bits per heavy atom. The Bertz CT molecular complexity index is 508. The van der Waals surface area contributed by atoms with E-state index in [-0.39, 0.29) is 0 Å². The summed E-state index contributed by atoms with van der Waals surface area (Å²) in [5.41, 5.74) is 1.89. The highest BCUT2D eigenvalue weighted by molar-refractivity contribution is 5.66. The molecule has 4 nitrogen and oxygen atoms in total. The van der Waals surface area contributed by atoms with E-state index in [9.17, 15) is 9.90 Å². The Kier molecular flexibility index (Phi) is 3.81. The van der Waals surface area contributed by atoms with Gasteiger partial charge in [-0.25, -0.2) is 0 Å². The average Bonchev–Trinajstić information content (AvgIpc) is 2.39. The summed E-state index contributed by atoms with van der Waals surface area (Å²) >= 11 is 0. The first-order chi connectivity index (χ1) is 8.74. The van der Waals surface area contributed by atoms with Crippen molar-refractivity contribution in [2.75, 3.05) is 11.9 Å². The Balaban J connectivity index is 1.97. The average molecular weight is 242 g/mol. The van der Waals surface area contributed by atoms with Crippen LogP contribution in [-0.4, -0.2) is 12.6 Å². The molecule has 0 aliphatic heterocycles. The maximum Gasteiger partial charge on any atom is 0.128 e. The van der Waals surface area contributed by atoms with Crippen LogP contribution in [0.25, 0.3) is 0 Å². The highest BCUT2D eigenvalue weighted by Gasteiger charge is 1.96. The van der Waals surface area contributed by atoms with Gasteiger partial charge in [0.05, 0.1) is 5.97 Å². The van der Waals surface area contributed by atoms with Crippen molar-refractivity contribution in [2.45, 2.75) is 0 Å². The largest absolute Gasteiger partial charge is 0.546 e. The molecule has 18 heavy (non-hydrogen) atoms. The third kappa shape index (κ3) is 3.52.